The molecule has 5 rings (SSSR count). The number of likely N-dealkylation sites (tertiary alicyclic amines) is 1. The van der Waals surface area contributed by atoms with Crippen LogP contribution in [0, 0.1) is 5.92 Å². The number of hydrogen-bond donors (Lipinski definition) is 3. The lowest BCUT2D eigenvalue weighted by Crippen LogP contribution is -2.31. The topological polar surface area (TPSA) is 103 Å². The lowest BCUT2D eigenvalue weighted by atomic mass is 9.95. The van der Waals surface area contributed by atoms with Crippen LogP contribution >= 0.6 is 0 Å². The molecule has 0 spiro atoms. The number of aromatic hydroxyl groups is 1. The molecule has 0 saturated carbocycles. The number of phenols is 1. The number of phenolic OH excluding ortho intramolecular Hbond substituents is 1. The maximum atomic E-state index is 13.4. The number of aliphatic hydroxyl groups excluding tert-OH is 1. The van der Waals surface area contributed by atoms with E-state index in [1.165, 1.54) is 17.0 Å². The van der Waals surface area contributed by atoms with Crippen molar-refractivity contribution in [3.05, 3.63) is 101 Å². The predicted molar refractivity (Wildman–Crippen MR) is 146 cm³/mol. The number of aliphatic hydroxyl groups is 1. The van der Waals surface area contributed by atoms with Crippen LogP contribution in [0.3, 0.4) is 0 Å². The number of fused-ring (bicyclic) bond motifs is 1. The molecule has 38 heavy (non-hydrogen) atoms. The second-order valence-electron chi connectivity index (χ2n) is 9.93. The highest BCUT2D eigenvalue weighted by Crippen LogP contribution is 2.40. The average Bonchev–Trinajstić information content (AvgIpc) is 3.44. The summed E-state index contributed by atoms with van der Waals surface area (Å²) in [5.74, 6) is -0.837. The van der Waals surface area contributed by atoms with Gasteiger partial charge in [-0.2, -0.15) is 0 Å². The molecule has 1 aromatic heterocycles. The fourth-order valence-electron chi connectivity index (χ4n) is 4.88. The van der Waals surface area contributed by atoms with Gasteiger partial charge in [-0.1, -0.05) is 56.3 Å². The molecule has 1 aliphatic rings. The molecule has 1 fully saturated rings. The van der Waals surface area contributed by atoms with Crippen molar-refractivity contribution in [2.75, 3.05) is 13.2 Å². The van der Waals surface area contributed by atoms with E-state index in [4.69, 9.17) is 4.74 Å². The zero-order chi connectivity index (χ0) is 26.8. The first kappa shape index (κ1) is 25.1. The van der Waals surface area contributed by atoms with Crippen LogP contribution in [0.1, 0.15) is 36.6 Å². The van der Waals surface area contributed by atoms with Gasteiger partial charge in [-0.15, -0.1) is 0 Å². The number of ether oxygens (including phenoxy) is 1. The minimum Gasteiger partial charge on any atom is -0.508 e. The van der Waals surface area contributed by atoms with Crippen molar-refractivity contribution in [2.24, 2.45) is 5.92 Å². The summed E-state index contributed by atoms with van der Waals surface area (Å²) in [6, 6.07) is 20.3. The Kier molecular flexibility index (Phi) is 6.92. The third-order valence-electron chi connectivity index (χ3n) is 6.71. The van der Waals surface area contributed by atoms with Crippen molar-refractivity contribution in [3.8, 4) is 11.5 Å². The second kappa shape index (κ2) is 10.5. The third-order valence-corrected chi connectivity index (χ3v) is 6.71. The number of Topliss-reactive ketones (excluding diaryl/α,β-unsaturated/α-hetero) is 1. The molecule has 7 nitrogen and oxygen atoms in total. The average molecular weight is 511 g/mol. The molecule has 7 heteroatoms. The number of ketones is 1. The molecule has 0 aliphatic carbocycles. The molecule has 3 N–H and O–H groups in total. The molecule has 1 saturated heterocycles. The largest absolute Gasteiger partial charge is 0.508 e. The fraction of sp³-hybridized carbons (Fsp3) is 0.226. The number of aromatic nitrogens is 1. The Morgan fingerprint density at radius 2 is 1.82 bits per heavy atom. The number of rotatable bonds is 8. The number of amides is 1. The molecule has 4 aromatic rings. The lowest BCUT2D eigenvalue weighted by molar-refractivity contribution is -0.139. The van der Waals surface area contributed by atoms with E-state index in [1.54, 1.807) is 36.4 Å². The normalized spacial score (nSPS) is 17.0. The van der Waals surface area contributed by atoms with Gasteiger partial charge in [-0.25, -0.2) is 0 Å². The Hall–Kier alpha value is -4.52. The second-order valence-corrected chi connectivity index (χ2v) is 9.93. The summed E-state index contributed by atoms with van der Waals surface area (Å²) in [6.45, 7) is 4.83. The van der Waals surface area contributed by atoms with Crippen molar-refractivity contribution in [1.29, 1.82) is 0 Å². The van der Waals surface area contributed by atoms with E-state index in [0.717, 1.165) is 16.5 Å². The number of aromatic amines is 1. The third kappa shape index (κ3) is 4.87. The van der Waals surface area contributed by atoms with Crippen LogP contribution in [0.25, 0.3) is 16.7 Å². The molecular formula is C31H30N2O5. The molecule has 1 atom stereocenters. The minimum atomic E-state index is -0.854. The summed E-state index contributed by atoms with van der Waals surface area (Å²) >= 11 is 0. The predicted octanol–water partition coefficient (Wildman–Crippen LogP) is 5.57. The zero-order valence-electron chi connectivity index (χ0n) is 21.3. The molecular weight excluding hydrogens is 480 g/mol. The summed E-state index contributed by atoms with van der Waals surface area (Å²) in [5.41, 5.74) is 2.92. The zero-order valence-corrected chi connectivity index (χ0v) is 21.3. The SMILES string of the molecule is CC(C)COc1cccc(/C(O)=C2\C(=O)C(=O)N(CCc3c[nH]c4ccccc34)C2c2cccc(O)c2)c1. The Morgan fingerprint density at radius 3 is 2.61 bits per heavy atom. The van der Waals surface area contributed by atoms with Crippen molar-refractivity contribution in [1.82, 2.24) is 9.88 Å². The van der Waals surface area contributed by atoms with E-state index in [2.05, 4.69) is 4.98 Å². The fourth-order valence-corrected chi connectivity index (χ4v) is 4.88. The van der Waals surface area contributed by atoms with E-state index in [9.17, 15) is 19.8 Å². The molecule has 0 radical (unpaired) electrons. The molecule has 0 bridgehead atoms. The van der Waals surface area contributed by atoms with Gasteiger partial charge in [0.1, 0.15) is 17.3 Å². The maximum absolute atomic E-state index is 13.4. The molecule has 1 amide bonds. The molecule has 1 unspecified atom stereocenters. The number of carbonyl (C=O) groups is 2. The standard InChI is InChI=1S/C31H30N2O5/c1-19(2)18-38-24-10-6-8-21(16-24)29(35)27-28(20-7-5-9-23(34)15-20)33(31(37)30(27)36)14-13-22-17-32-26-12-4-3-11-25(22)26/h3-12,15-17,19,28,32,34-35H,13-14,18H2,1-2H3/b29-27+. The van der Waals surface area contributed by atoms with E-state index >= 15 is 0 Å². The first-order valence-electron chi connectivity index (χ1n) is 12.7. The summed E-state index contributed by atoms with van der Waals surface area (Å²) in [6.07, 6.45) is 2.41. The van der Waals surface area contributed by atoms with Gasteiger partial charge < -0.3 is 24.8 Å². The summed E-state index contributed by atoms with van der Waals surface area (Å²) in [4.78, 5) is 31.4. The molecule has 194 valence electrons. The Labute approximate surface area is 221 Å². The number of carbonyl (C=O) groups excluding carboxylic acids is 2. The highest BCUT2D eigenvalue weighted by atomic mass is 16.5. The van der Waals surface area contributed by atoms with Gasteiger partial charge >= 0.3 is 0 Å². The van der Waals surface area contributed by atoms with Crippen LogP contribution in [0.15, 0.2) is 84.6 Å². The Balaban J connectivity index is 1.54. The lowest BCUT2D eigenvalue weighted by Gasteiger charge is -2.25. The van der Waals surface area contributed by atoms with Crippen molar-refractivity contribution < 1.29 is 24.5 Å². The maximum Gasteiger partial charge on any atom is 0.295 e. The number of nitrogens with zero attached hydrogens (tertiary/aromatic N) is 1. The quantitative estimate of drug-likeness (QED) is 0.163. The number of para-hydroxylation sites is 1. The van der Waals surface area contributed by atoms with Gasteiger partial charge in [0.15, 0.2) is 0 Å². The van der Waals surface area contributed by atoms with Gasteiger partial charge in [-0.05, 0) is 53.8 Å². The van der Waals surface area contributed by atoms with Crippen LogP contribution in [0.4, 0.5) is 0 Å². The smallest absolute Gasteiger partial charge is 0.295 e. The van der Waals surface area contributed by atoms with Crippen LogP contribution in [-0.4, -0.2) is 44.9 Å². The molecule has 1 aliphatic heterocycles. The van der Waals surface area contributed by atoms with Crippen LogP contribution in [0.5, 0.6) is 11.5 Å². The van der Waals surface area contributed by atoms with E-state index in [-0.39, 0.29) is 23.6 Å². The van der Waals surface area contributed by atoms with Crippen LogP contribution < -0.4 is 4.74 Å². The first-order chi connectivity index (χ1) is 18.3. The van der Waals surface area contributed by atoms with E-state index in [0.29, 0.717) is 35.8 Å². The van der Waals surface area contributed by atoms with Crippen LogP contribution in [-0.2, 0) is 16.0 Å². The van der Waals surface area contributed by atoms with Gasteiger partial charge in [-0.3, -0.25) is 9.59 Å². The number of hydrogen-bond acceptors (Lipinski definition) is 5. The summed E-state index contributed by atoms with van der Waals surface area (Å²) in [5, 5.41) is 22.6. The first-order valence-corrected chi connectivity index (χ1v) is 12.7. The monoisotopic (exact) mass is 510 g/mol. The highest BCUT2D eigenvalue weighted by Gasteiger charge is 2.46. The number of nitrogens with one attached hydrogen (secondary N) is 1. The highest BCUT2D eigenvalue weighted by molar-refractivity contribution is 6.46. The number of H-pyrrole nitrogens is 1. The van der Waals surface area contributed by atoms with Crippen LogP contribution in [0.2, 0.25) is 0 Å². The van der Waals surface area contributed by atoms with E-state index < -0.39 is 17.7 Å². The van der Waals surface area contributed by atoms with Gasteiger partial charge in [0.05, 0.1) is 18.2 Å². The summed E-state index contributed by atoms with van der Waals surface area (Å²) in [7, 11) is 0. The van der Waals surface area contributed by atoms with Gasteiger partial charge in [0.25, 0.3) is 11.7 Å². The van der Waals surface area contributed by atoms with Gasteiger partial charge in [0.2, 0.25) is 0 Å². The summed E-state index contributed by atoms with van der Waals surface area (Å²) < 4.78 is 5.80. The molecule has 3 aromatic carbocycles. The minimum absolute atomic E-state index is 0.00815. The number of benzene rings is 3. The van der Waals surface area contributed by atoms with Crippen molar-refractivity contribution in [2.45, 2.75) is 26.3 Å². The Bertz CT molecular complexity index is 1530. The van der Waals surface area contributed by atoms with E-state index in [1.807, 2.05) is 44.3 Å². The van der Waals surface area contributed by atoms with Crippen molar-refractivity contribution in [3.63, 3.8) is 0 Å². The van der Waals surface area contributed by atoms with Crippen molar-refractivity contribution >= 4 is 28.4 Å². The molecule has 2 heterocycles. The Morgan fingerprint density at radius 1 is 1.03 bits per heavy atom. The van der Waals surface area contributed by atoms with Gasteiger partial charge in [0, 0.05) is 29.2 Å².